The van der Waals surface area contributed by atoms with Crippen LogP contribution in [0, 0.1) is 0 Å². The van der Waals surface area contributed by atoms with Gasteiger partial charge in [-0.25, -0.2) is 4.79 Å². The molecule has 5 nitrogen and oxygen atoms in total. The molecular weight excluding hydrogens is 328 g/mol. The average molecular weight is 363 g/mol. The molecule has 0 aliphatic rings. The van der Waals surface area contributed by atoms with Gasteiger partial charge in [-0.05, 0) is 44.5 Å². The molecular formula is C21H34N2O3. The van der Waals surface area contributed by atoms with Gasteiger partial charge >= 0.3 is 5.97 Å². The number of primary amides is 1. The number of carbonyl (C=O) groups excluding carboxylic acids is 2. The molecule has 1 amide bonds. The van der Waals surface area contributed by atoms with Crippen molar-refractivity contribution in [2.45, 2.75) is 77.7 Å². The highest BCUT2D eigenvalue weighted by atomic mass is 16.6. The van der Waals surface area contributed by atoms with Crippen LogP contribution in [0.15, 0.2) is 24.3 Å². The van der Waals surface area contributed by atoms with Crippen molar-refractivity contribution in [3.63, 3.8) is 0 Å². The number of benzene rings is 1. The van der Waals surface area contributed by atoms with E-state index in [-0.39, 0.29) is 0 Å². The number of ether oxygens (including phenoxy) is 1. The van der Waals surface area contributed by atoms with Crippen molar-refractivity contribution in [3.05, 3.63) is 29.8 Å². The second-order valence-electron chi connectivity index (χ2n) is 7.24. The van der Waals surface area contributed by atoms with Gasteiger partial charge in [0.2, 0.25) is 0 Å². The summed E-state index contributed by atoms with van der Waals surface area (Å²) in [6.07, 6.45) is 10.4. The summed E-state index contributed by atoms with van der Waals surface area (Å²) in [6.45, 7) is 6.12. The second kappa shape index (κ2) is 11.6. The molecule has 1 aromatic carbocycles. The molecule has 0 aliphatic heterocycles. The van der Waals surface area contributed by atoms with E-state index >= 15 is 0 Å². The molecule has 1 rings (SSSR count). The lowest BCUT2D eigenvalue weighted by Crippen LogP contribution is -2.42. The van der Waals surface area contributed by atoms with Crippen LogP contribution >= 0.6 is 0 Å². The first kappa shape index (κ1) is 22.0. The minimum atomic E-state index is -1.31. The van der Waals surface area contributed by atoms with Gasteiger partial charge in [0, 0.05) is 12.2 Å². The molecule has 0 radical (unpaired) electrons. The van der Waals surface area contributed by atoms with E-state index in [1.807, 2.05) is 12.1 Å². The fraction of sp³-hybridized carbons (Fsp3) is 0.619. The van der Waals surface area contributed by atoms with E-state index in [9.17, 15) is 9.59 Å². The van der Waals surface area contributed by atoms with E-state index in [0.717, 1.165) is 18.7 Å². The number of rotatable bonds is 13. The first-order chi connectivity index (χ1) is 12.4. The number of carbonyl (C=O) groups is 2. The Balaban J connectivity index is 2.26. The van der Waals surface area contributed by atoms with Gasteiger partial charge < -0.3 is 15.8 Å². The van der Waals surface area contributed by atoms with Gasteiger partial charge in [-0.3, -0.25) is 4.79 Å². The number of esters is 1. The largest absolute Gasteiger partial charge is 0.446 e. The third kappa shape index (κ3) is 8.37. The number of nitrogens with two attached hydrogens (primary N) is 1. The monoisotopic (exact) mass is 362 g/mol. The maximum Gasteiger partial charge on any atom is 0.339 e. The summed E-state index contributed by atoms with van der Waals surface area (Å²) in [7, 11) is 0. The van der Waals surface area contributed by atoms with Crippen molar-refractivity contribution >= 4 is 17.6 Å². The van der Waals surface area contributed by atoms with Crippen LogP contribution in [0.3, 0.4) is 0 Å². The van der Waals surface area contributed by atoms with Crippen LogP contribution in [0.5, 0.6) is 0 Å². The average Bonchev–Trinajstić information content (AvgIpc) is 2.60. The number of unbranched alkanes of at least 4 members (excludes halogenated alkanes) is 7. The van der Waals surface area contributed by atoms with Gasteiger partial charge in [-0.1, -0.05) is 51.9 Å². The van der Waals surface area contributed by atoms with E-state index in [2.05, 4.69) is 12.2 Å². The number of hydrogen-bond acceptors (Lipinski definition) is 4. The van der Waals surface area contributed by atoms with Crippen molar-refractivity contribution in [2.75, 3.05) is 11.9 Å². The van der Waals surface area contributed by atoms with Gasteiger partial charge in [0.25, 0.3) is 5.91 Å². The summed E-state index contributed by atoms with van der Waals surface area (Å²) in [4.78, 5) is 23.3. The normalized spacial score (nSPS) is 11.2. The van der Waals surface area contributed by atoms with E-state index in [4.69, 9.17) is 10.5 Å². The van der Waals surface area contributed by atoms with Crippen molar-refractivity contribution < 1.29 is 14.3 Å². The highest BCUT2D eigenvalue weighted by Crippen LogP contribution is 2.15. The Kier molecular flexibility index (Phi) is 9.78. The van der Waals surface area contributed by atoms with Crippen LogP contribution in [0.2, 0.25) is 0 Å². The zero-order valence-corrected chi connectivity index (χ0v) is 16.5. The number of hydrogen-bond donors (Lipinski definition) is 2. The van der Waals surface area contributed by atoms with Crippen molar-refractivity contribution in [1.29, 1.82) is 0 Å². The Morgan fingerprint density at radius 2 is 1.50 bits per heavy atom. The molecule has 0 fully saturated rings. The zero-order valence-electron chi connectivity index (χ0n) is 16.5. The Morgan fingerprint density at radius 3 is 2.04 bits per heavy atom. The summed E-state index contributed by atoms with van der Waals surface area (Å²) in [5.74, 6) is -1.22. The standard InChI is InChI=1S/C21H34N2O3/c1-4-5-6-7-8-9-10-11-16-23-18-14-12-17(13-15-18)19(24)26-21(2,3)20(22)25/h12-15,23H,4-11,16H2,1-3H3,(H2,22,25). The Bertz CT molecular complexity index is 553. The molecule has 0 atom stereocenters. The predicted octanol–water partition coefficient (Wildman–Crippen LogP) is 4.66. The van der Waals surface area contributed by atoms with Crippen LogP contribution < -0.4 is 11.1 Å². The molecule has 0 heterocycles. The van der Waals surface area contributed by atoms with Crippen molar-refractivity contribution in [1.82, 2.24) is 0 Å². The molecule has 5 heteroatoms. The Hall–Kier alpha value is -2.04. The van der Waals surface area contributed by atoms with Crippen LogP contribution in [0.1, 0.15) is 82.5 Å². The Morgan fingerprint density at radius 1 is 0.962 bits per heavy atom. The fourth-order valence-electron chi connectivity index (χ4n) is 2.56. The molecule has 26 heavy (non-hydrogen) atoms. The number of anilines is 1. The zero-order chi connectivity index (χ0) is 19.4. The van der Waals surface area contributed by atoms with Gasteiger partial charge in [-0.15, -0.1) is 0 Å². The highest BCUT2D eigenvalue weighted by Gasteiger charge is 2.29. The van der Waals surface area contributed by atoms with Gasteiger partial charge in [0.05, 0.1) is 5.56 Å². The lowest BCUT2D eigenvalue weighted by atomic mass is 10.1. The van der Waals surface area contributed by atoms with Gasteiger partial charge in [0.15, 0.2) is 5.60 Å². The summed E-state index contributed by atoms with van der Waals surface area (Å²) >= 11 is 0. The molecule has 1 aromatic rings. The summed E-state index contributed by atoms with van der Waals surface area (Å²) < 4.78 is 5.15. The molecule has 146 valence electrons. The summed E-state index contributed by atoms with van der Waals surface area (Å²) in [5.41, 5.74) is 5.27. The van der Waals surface area contributed by atoms with Gasteiger partial charge in [0.1, 0.15) is 0 Å². The first-order valence-corrected chi connectivity index (χ1v) is 9.74. The molecule has 0 saturated heterocycles. The molecule has 3 N–H and O–H groups in total. The van der Waals surface area contributed by atoms with Crippen LogP contribution in [-0.4, -0.2) is 24.0 Å². The molecule has 0 spiro atoms. The topological polar surface area (TPSA) is 81.4 Å². The van der Waals surface area contributed by atoms with Crippen LogP contribution in [0.25, 0.3) is 0 Å². The summed E-state index contributed by atoms with van der Waals surface area (Å²) in [6, 6.07) is 7.07. The van der Waals surface area contributed by atoms with Crippen molar-refractivity contribution in [2.24, 2.45) is 5.73 Å². The van der Waals surface area contributed by atoms with Gasteiger partial charge in [-0.2, -0.15) is 0 Å². The maximum atomic E-state index is 12.1. The van der Waals surface area contributed by atoms with Crippen molar-refractivity contribution in [3.8, 4) is 0 Å². The lowest BCUT2D eigenvalue weighted by molar-refractivity contribution is -0.133. The van der Waals surface area contributed by atoms with E-state index in [1.165, 1.54) is 58.8 Å². The van der Waals surface area contributed by atoms with E-state index in [1.54, 1.807) is 12.1 Å². The molecule has 0 bridgehead atoms. The smallest absolute Gasteiger partial charge is 0.339 e. The fourth-order valence-corrected chi connectivity index (χ4v) is 2.56. The second-order valence-corrected chi connectivity index (χ2v) is 7.24. The quantitative estimate of drug-likeness (QED) is 0.395. The minimum absolute atomic E-state index is 0.400. The molecule has 0 unspecified atom stereocenters. The minimum Gasteiger partial charge on any atom is -0.446 e. The van der Waals surface area contributed by atoms with E-state index in [0.29, 0.717) is 5.56 Å². The third-order valence-corrected chi connectivity index (χ3v) is 4.42. The maximum absolute atomic E-state index is 12.1. The lowest BCUT2D eigenvalue weighted by Gasteiger charge is -2.21. The number of nitrogens with one attached hydrogen (secondary N) is 1. The third-order valence-electron chi connectivity index (χ3n) is 4.42. The van der Waals surface area contributed by atoms with Crippen LogP contribution in [-0.2, 0) is 9.53 Å². The SMILES string of the molecule is CCCCCCCCCCNc1ccc(C(=O)OC(C)(C)C(N)=O)cc1. The van der Waals surface area contributed by atoms with E-state index < -0.39 is 17.5 Å². The molecule has 0 aromatic heterocycles. The summed E-state index contributed by atoms with van der Waals surface area (Å²) in [5, 5.41) is 3.36. The molecule has 0 aliphatic carbocycles. The highest BCUT2D eigenvalue weighted by molar-refractivity contribution is 5.93. The first-order valence-electron chi connectivity index (χ1n) is 9.74. The Labute approximate surface area is 157 Å². The number of amides is 1. The predicted molar refractivity (Wildman–Crippen MR) is 106 cm³/mol. The molecule has 0 saturated carbocycles. The van der Waals surface area contributed by atoms with Crippen LogP contribution in [0.4, 0.5) is 5.69 Å².